The Labute approximate surface area is 121 Å². The lowest BCUT2D eigenvalue weighted by molar-refractivity contribution is -0.386. The number of hydrogen-bond acceptors (Lipinski definition) is 4. The number of rotatable bonds is 5. The van der Waals surface area contributed by atoms with Crippen LogP contribution < -0.4 is 10.5 Å². The van der Waals surface area contributed by atoms with Gasteiger partial charge in [-0.3, -0.25) is 15.5 Å². The van der Waals surface area contributed by atoms with Crippen LogP contribution in [0.1, 0.15) is 16.7 Å². The second kappa shape index (κ2) is 6.04. The van der Waals surface area contributed by atoms with Crippen LogP contribution in [0, 0.1) is 22.4 Å². The van der Waals surface area contributed by atoms with Crippen LogP contribution in [-0.4, -0.2) is 10.8 Å². The Morgan fingerprint density at radius 1 is 1.33 bits per heavy atom. The van der Waals surface area contributed by atoms with E-state index in [0.29, 0.717) is 5.56 Å². The van der Waals surface area contributed by atoms with Gasteiger partial charge in [0.15, 0.2) is 5.75 Å². The Balaban J connectivity index is 2.20. The lowest BCUT2D eigenvalue weighted by Gasteiger charge is -2.08. The standard InChI is InChI=1S/C15H15N3O3/c1-10-5-6-13(18(19)20)14(7-10)21-9-11-3-2-4-12(8-11)15(16)17/h2-8H,9H2,1H3,(H3,16,17). The molecule has 0 atom stereocenters. The number of benzene rings is 2. The van der Waals surface area contributed by atoms with Crippen LogP contribution in [-0.2, 0) is 6.61 Å². The zero-order valence-corrected chi connectivity index (χ0v) is 11.5. The third-order valence-corrected chi connectivity index (χ3v) is 2.94. The molecule has 6 nitrogen and oxygen atoms in total. The molecule has 0 saturated carbocycles. The summed E-state index contributed by atoms with van der Waals surface area (Å²) in [5.74, 6) is 0.201. The van der Waals surface area contributed by atoms with E-state index in [9.17, 15) is 10.1 Å². The van der Waals surface area contributed by atoms with Gasteiger partial charge in [-0.25, -0.2) is 0 Å². The van der Waals surface area contributed by atoms with Gasteiger partial charge in [-0.05, 0) is 30.2 Å². The van der Waals surface area contributed by atoms with Crippen LogP contribution in [0.2, 0.25) is 0 Å². The summed E-state index contributed by atoms with van der Waals surface area (Å²) >= 11 is 0. The zero-order chi connectivity index (χ0) is 15.4. The zero-order valence-electron chi connectivity index (χ0n) is 11.5. The Kier molecular flexibility index (Phi) is 4.18. The number of nitrogen functional groups attached to an aromatic ring is 1. The highest BCUT2D eigenvalue weighted by Gasteiger charge is 2.15. The van der Waals surface area contributed by atoms with E-state index >= 15 is 0 Å². The molecular weight excluding hydrogens is 270 g/mol. The molecule has 6 heteroatoms. The first-order chi connectivity index (χ1) is 9.97. The van der Waals surface area contributed by atoms with Crippen molar-refractivity contribution in [3.63, 3.8) is 0 Å². The highest BCUT2D eigenvalue weighted by atomic mass is 16.6. The molecule has 2 aromatic rings. The summed E-state index contributed by atoms with van der Waals surface area (Å²) in [6, 6.07) is 11.8. The lowest BCUT2D eigenvalue weighted by atomic mass is 10.1. The molecule has 0 spiro atoms. The number of nitrogens with two attached hydrogens (primary N) is 1. The molecular formula is C15H15N3O3. The molecule has 0 unspecified atom stereocenters. The van der Waals surface area contributed by atoms with E-state index in [1.807, 2.05) is 13.0 Å². The first-order valence-corrected chi connectivity index (χ1v) is 6.28. The molecule has 2 rings (SSSR count). The number of nitro benzene ring substituents is 1. The van der Waals surface area contributed by atoms with Crippen molar-refractivity contribution in [2.45, 2.75) is 13.5 Å². The molecule has 0 fully saturated rings. The molecule has 0 aromatic heterocycles. The van der Waals surface area contributed by atoms with Crippen molar-refractivity contribution in [2.75, 3.05) is 0 Å². The van der Waals surface area contributed by atoms with Gasteiger partial charge in [0.2, 0.25) is 0 Å². The molecule has 0 bridgehead atoms. The number of hydrogen-bond donors (Lipinski definition) is 2. The fourth-order valence-corrected chi connectivity index (χ4v) is 1.88. The minimum atomic E-state index is -0.471. The van der Waals surface area contributed by atoms with Gasteiger partial charge in [0.05, 0.1) is 4.92 Å². The Morgan fingerprint density at radius 2 is 2.10 bits per heavy atom. The number of amidine groups is 1. The topological polar surface area (TPSA) is 102 Å². The second-order valence-electron chi connectivity index (χ2n) is 4.63. The summed E-state index contributed by atoms with van der Waals surface area (Å²) in [5, 5.41) is 18.4. The molecule has 0 radical (unpaired) electrons. The van der Waals surface area contributed by atoms with E-state index in [1.54, 1.807) is 30.3 Å². The predicted molar refractivity (Wildman–Crippen MR) is 79.6 cm³/mol. The normalized spacial score (nSPS) is 10.1. The Hall–Kier alpha value is -2.89. The number of nitro groups is 1. The summed E-state index contributed by atoms with van der Waals surface area (Å²) < 4.78 is 5.55. The summed E-state index contributed by atoms with van der Waals surface area (Å²) in [6.45, 7) is 2.01. The van der Waals surface area contributed by atoms with Crippen LogP contribution in [0.4, 0.5) is 5.69 Å². The van der Waals surface area contributed by atoms with Gasteiger partial charge in [0.1, 0.15) is 12.4 Å². The number of nitrogens with zero attached hydrogens (tertiary/aromatic N) is 1. The van der Waals surface area contributed by atoms with Crippen LogP contribution in [0.3, 0.4) is 0 Å². The SMILES string of the molecule is Cc1ccc([N+](=O)[O-])c(OCc2cccc(C(=N)N)c2)c1. The van der Waals surface area contributed by atoms with E-state index < -0.39 is 4.92 Å². The van der Waals surface area contributed by atoms with Crippen LogP contribution in [0.5, 0.6) is 5.75 Å². The molecule has 0 amide bonds. The maximum absolute atomic E-state index is 11.0. The number of nitrogens with one attached hydrogen (secondary N) is 1. The van der Waals surface area contributed by atoms with E-state index in [4.69, 9.17) is 15.9 Å². The number of ether oxygens (including phenoxy) is 1. The molecule has 0 aliphatic heterocycles. The Morgan fingerprint density at radius 3 is 2.76 bits per heavy atom. The van der Waals surface area contributed by atoms with Crippen molar-refractivity contribution in [2.24, 2.45) is 5.73 Å². The van der Waals surface area contributed by atoms with Gasteiger partial charge in [0.25, 0.3) is 0 Å². The quantitative estimate of drug-likeness (QED) is 0.381. The summed E-state index contributed by atoms with van der Waals surface area (Å²) in [5.41, 5.74) is 7.63. The summed E-state index contributed by atoms with van der Waals surface area (Å²) in [4.78, 5) is 10.5. The third-order valence-electron chi connectivity index (χ3n) is 2.94. The van der Waals surface area contributed by atoms with Crippen molar-refractivity contribution in [3.8, 4) is 5.75 Å². The molecule has 108 valence electrons. The van der Waals surface area contributed by atoms with Crippen molar-refractivity contribution < 1.29 is 9.66 Å². The fourth-order valence-electron chi connectivity index (χ4n) is 1.88. The summed E-state index contributed by atoms with van der Waals surface area (Å²) in [7, 11) is 0. The smallest absolute Gasteiger partial charge is 0.310 e. The molecule has 2 aromatic carbocycles. The first-order valence-electron chi connectivity index (χ1n) is 6.28. The number of aryl methyl sites for hydroxylation is 1. The maximum Gasteiger partial charge on any atom is 0.310 e. The fraction of sp³-hybridized carbons (Fsp3) is 0.133. The summed E-state index contributed by atoms with van der Waals surface area (Å²) in [6.07, 6.45) is 0. The average molecular weight is 285 g/mol. The molecule has 0 saturated heterocycles. The van der Waals surface area contributed by atoms with Crippen molar-refractivity contribution in [1.29, 1.82) is 5.41 Å². The largest absolute Gasteiger partial charge is 0.482 e. The minimum absolute atomic E-state index is 0.0293. The van der Waals surface area contributed by atoms with Crippen molar-refractivity contribution in [3.05, 3.63) is 69.3 Å². The van der Waals surface area contributed by atoms with Gasteiger partial charge in [-0.1, -0.05) is 24.3 Å². The Bertz CT molecular complexity index is 698. The van der Waals surface area contributed by atoms with E-state index in [2.05, 4.69) is 0 Å². The highest BCUT2D eigenvalue weighted by Crippen LogP contribution is 2.28. The molecule has 3 N–H and O–H groups in total. The molecule has 0 heterocycles. The third kappa shape index (κ3) is 3.56. The van der Waals surface area contributed by atoms with E-state index in [0.717, 1.165) is 11.1 Å². The lowest BCUT2D eigenvalue weighted by Crippen LogP contribution is -2.11. The van der Waals surface area contributed by atoms with Gasteiger partial charge < -0.3 is 10.5 Å². The second-order valence-corrected chi connectivity index (χ2v) is 4.63. The van der Waals surface area contributed by atoms with Gasteiger partial charge in [-0.15, -0.1) is 0 Å². The average Bonchev–Trinajstić information content (AvgIpc) is 2.45. The van der Waals surface area contributed by atoms with Gasteiger partial charge in [-0.2, -0.15) is 0 Å². The van der Waals surface area contributed by atoms with Crippen molar-refractivity contribution in [1.82, 2.24) is 0 Å². The van der Waals surface area contributed by atoms with Crippen molar-refractivity contribution >= 4 is 11.5 Å². The van der Waals surface area contributed by atoms with Gasteiger partial charge in [0, 0.05) is 11.6 Å². The van der Waals surface area contributed by atoms with E-state index in [1.165, 1.54) is 6.07 Å². The maximum atomic E-state index is 11.0. The van der Waals surface area contributed by atoms with Crippen LogP contribution in [0.15, 0.2) is 42.5 Å². The first kappa shape index (κ1) is 14.5. The van der Waals surface area contributed by atoms with Crippen LogP contribution >= 0.6 is 0 Å². The molecule has 0 aliphatic rings. The molecule has 0 aliphatic carbocycles. The monoisotopic (exact) mass is 285 g/mol. The minimum Gasteiger partial charge on any atom is -0.482 e. The van der Waals surface area contributed by atoms with E-state index in [-0.39, 0.29) is 23.9 Å². The predicted octanol–water partition coefficient (Wildman–Crippen LogP) is 2.77. The highest BCUT2D eigenvalue weighted by molar-refractivity contribution is 5.95. The van der Waals surface area contributed by atoms with Crippen LogP contribution in [0.25, 0.3) is 0 Å². The molecule has 21 heavy (non-hydrogen) atoms. The van der Waals surface area contributed by atoms with Gasteiger partial charge >= 0.3 is 5.69 Å².